The minimum Gasteiger partial charge on any atom is -0.493 e. The molecule has 0 saturated carbocycles. The molecule has 2 aliphatic rings. The first-order valence-corrected chi connectivity index (χ1v) is 12.9. The van der Waals surface area contributed by atoms with Crippen LogP contribution >= 0.6 is 0 Å². The van der Waals surface area contributed by atoms with Crippen molar-refractivity contribution in [1.82, 2.24) is 4.31 Å². The van der Waals surface area contributed by atoms with Gasteiger partial charge in [-0.25, -0.2) is 12.8 Å². The molecule has 35 heavy (non-hydrogen) atoms. The third-order valence-corrected chi connectivity index (χ3v) is 8.65. The lowest BCUT2D eigenvalue weighted by atomic mass is 9.79. The zero-order valence-corrected chi connectivity index (χ0v) is 20.6. The number of aliphatic imine (C=N–C) groups is 1. The molecular weight excluding hydrogens is 475 g/mol. The van der Waals surface area contributed by atoms with E-state index in [1.807, 2.05) is 12.1 Å². The van der Waals surface area contributed by atoms with Crippen molar-refractivity contribution < 1.29 is 32.2 Å². The van der Waals surface area contributed by atoms with E-state index >= 15 is 0 Å². The van der Waals surface area contributed by atoms with Crippen LogP contribution in [-0.4, -0.2) is 63.4 Å². The van der Waals surface area contributed by atoms with Crippen LogP contribution in [0.25, 0.3) is 0 Å². The molecule has 2 aromatic rings. The van der Waals surface area contributed by atoms with Gasteiger partial charge in [-0.3, -0.25) is 9.79 Å². The summed E-state index contributed by atoms with van der Waals surface area (Å²) in [5, 5.41) is 9.47. The van der Waals surface area contributed by atoms with Crippen LogP contribution in [0.3, 0.4) is 0 Å². The molecule has 1 saturated heterocycles. The number of ether oxygens (including phenoxy) is 2. The van der Waals surface area contributed by atoms with Gasteiger partial charge in [-0.15, -0.1) is 0 Å². The molecule has 2 heterocycles. The van der Waals surface area contributed by atoms with Gasteiger partial charge >= 0.3 is 5.97 Å². The molecule has 0 aromatic heterocycles. The number of benzene rings is 2. The fourth-order valence-electron chi connectivity index (χ4n) is 4.98. The second-order valence-electron chi connectivity index (χ2n) is 8.87. The summed E-state index contributed by atoms with van der Waals surface area (Å²) in [7, 11) is -0.785. The number of rotatable bonds is 8. The van der Waals surface area contributed by atoms with Gasteiger partial charge < -0.3 is 14.6 Å². The summed E-state index contributed by atoms with van der Waals surface area (Å²) in [5.41, 5.74) is 2.77. The zero-order valence-electron chi connectivity index (χ0n) is 19.7. The lowest BCUT2D eigenvalue weighted by molar-refractivity contribution is -0.138. The Morgan fingerprint density at radius 2 is 1.91 bits per heavy atom. The molecular formula is C25H29FN2O6S. The minimum atomic E-state index is -3.92. The topological polar surface area (TPSA) is 106 Å². The Bertz CT molecular complexity index is 1250. The highest BCUT2D eigenvalue weighted by Crippen LogP contribution is 2.37. The quantitative estimate of drug-likeness (QED) is 0.591. The molecule has 8 nitrogen and oxygen atoms in total. The smallest absolute Gasteiger partial charge is 0.303 e. The first kappa shape index (κ1) is 25.1. The maximum absolute atomic E-state index is 13.7. The van der Waals surface area contributed by atoms with Crippen LogP contribution in [0.2, 0.25) is 0 Å². The monoisotopic (exact) mass is 504 g/mol. The zero-order chi connectivity index (χ0) is 25.2. The normalized spacial score (nSPS) is 20.6. The van der Waals surface area contributed by atoms with Crippen LogP contribution in [-0.2, 0) is 21.2 Å². The molecule has 4 rings (SSSR count). The Kier molecular flexibility index (Phi) is 7.42. The maximum Gasteiger partial charge on any atom is 0.303 e. The van der Waals surface area contributed by atoms with E-state index in [1.54, 1.807) is 14.2 Å². The molecule has 0 bridgehead atoms. The Morgan fingerprint density at radius 3 is 2.60 bits per heavy atom. The predicted molar refractivity (Wildman–Crippen MR) is 128 cm³/mol. The second-order valence-corrected chi connectivity index (χ2v) is 10.8. The van der Waals surface area contributed by atoms with Gasteiger partial charge in [0.05, 0.1) is 19.1 Å². The van der Waals surface area contributed by atoms with Crippen molar-refractivity contribution in [2.45, 2.75) is 30.6 Å². The van der Waals surface area contributed by atoms with Gasteiger partial charge in [0.2, 0.25) is 10.0 Å². The Balaban J connectivity index is 1.63. The number of halogens is 1. The SMILES string of the molecule is COc1cc2c(cc1OC)C(C[C@H]1CN(S(=O)(=O)c3cccc(F)c3)CC[C@H]1CC(=O)O)=NCC2. The fraction of sp³-hybridized carbons (Fsp3) is 0.440. The molecule has 1 fully saturated rings. The molecule has 2 atom stereocenters. The van der Waals surface area contributed by atoms with Crippen molar-refractivity contribution in [1.29, 1.82) is 0 Å². The van der Waals surface area contributed by atoms with E-state index in [0.717, 1.165) is 29.3 Å². The van der Waals surface area contributed by atoms with E-state index < -0.39 is 21.8 Å². The summed E-state index contributed by atoms with van der Waals surface area (Å²) in [4.78, 5) is 16.2. The molecule has 0 amide bonds. The van der Waals surface area contributed by atoms with Crippen LogP contribution in [0.5, 0.6) is 11.5 Å². The number of methoxy groups -OCH3 is 2. The van der Waals surface area contributed by atoms with Crippen LogP contribution in [0.4, 0.5) is 4.39 Å². The van der Waals surface area contributed by atoms with Crippen LogP contribution in [0.1, 0.15) is 30.4 Å². The molecule has 2 aliphatic heterocycles. The van der Waals surface area contributed by atoms with Gasteiger partial charge in [0.15, 0.2) is 11.5 Å². The number of fused-ring (bicyclic) bond motifs is 1. The maximum atomic E-state index is 13.7. The number of carboxylic acid groups (broad SMARTS) is 1. The fourth-order valence-corrected chi connectivity index (χ4v) is 6.53. The summed E-state index contributed by atoms with van der Waals surface area (Å²) < 4.78 is 52.4. The number of hydrogen-bond acceptors (Lipinski definition) is 6. The van der Waals surface area contributed by atoms with Gasteiger partial charge in [0.25, 0.3) is 0 Å². The molecule has 0 spiro atoms. The average molecular weight is 505 g/mol. The van der Waals surface area contributed by atoms with E-state index in [-0.39, 0.29) is 36.2 Å². The number of carbonyl (C=O) groups is 1. The van der Waals surface area contributed by atoms with E-state index in [4.69, 9.17) is 14.5 Å². The first-order chi connectivity index (χ1) is 16.7. The molecule has 0 radical (unpaired) electrons. The van der Waals surface area contributed by atoms with E-state index in [2.05, 4.69) is 0 Å². The molecule has 1 N–H and O–H groups in total. The third-order valence-electron chi connectivity index (χ3n) is 6.78. The third kappa shape index (κ3) is 5.33. The Labute approximate surface area is 204 Å². The molecule has 188 valence electrons. The minimum absolute atomic E-state index is 0.0510. The van der Waals surface area contributed by atoms with Crippen molar-refractivity contribution in [3.8, 4) is 11.5 Å². The highest BCUT2D eigenvalue weighted by Gasteiger charge is 2.37. The highest BCUT2D eigenvalue weighted by molar-refractivity contribution is 7.89. The van der Waals surface area contributed by atoms with Crippen molar-refractivity contribution in [3.63, 3.8) is 0 Å². The van der Waals surface area contributed by atoms with Crippen molar-refractivity contribution in [3.05, 3.63) is 53.3 Å². The largest absolute Gasteiger partial charge is 0.493 e. The highest BCUT2D eigenvalue weighted by atomic mass is 32.2. The predicted octanol–water partition coefficient (Wildman–Crippen LogP) is 3.38. The van der Waals surface area contributed by atoms with Crippen molar-refractivity contribution in [2.24, 2.45) is 16.8 Å². The summed E-state index contributed by atoms with van der Waals surface area (Å²) in [6, 6.07) is 8.75. The first-order valence-electron chi connectivity index (χ1n) is 11.5. The summed E-state index contributed by atoms with van der Waals surface area (Å²) in [6.07, 6.45) is 1.51. The van der Waals surface area contributed by atoms with Crippen LogP contribution in [0.15, 0.2) is 46.3 Å². The number of carboxylic acids is 1. The number of hydrogen-bond donors (Lipinski definition) is 1. The van der Waals surface area contributed by atoms with E-state index in [0.29, 0.717) is 30.9 Å². The lowest BCUT2D eigenvalue weighted by Gasteiger charge is -2.38. The van der Waals surface area contributed by atoms with Crippen molar-refractivity contribution >= 4 is 21.7 Å². The van der Waals surface area contributed by atoms with Gasteiger partial charge in [0.1, 0.15) is 5.82 Å². The van der Waals surface area contributed by atoms with Crippen LogP contribution in [0, 0.1) is 17.7 Å². The number of piperidine rings is 1. The summed E-state index contributed by atoms with van der Waals surface area (Å²) in [5.74, 6) is -0.816. The Hall–Kier alpha value is -2.98. The Morgan fingerprint density at radius 1 is 1.17 bits per heavy atom. The van der Waals surface area contributed by atoms with E-state index in [9.17, 15) is 22.7 Å². The summed E-state index contributed by atoms with van der Waals surface area (Å²) in [6.45, 7) is 0.902. The average Bonchev–Trinajstić information content (AvgIpc) is 2.84. The number of sulfonamides is 1. The molecule has 2 aromatic carbocycles. The molecule has 10 heteroatoms. The van der Waals surface area contributed by atoms with Crippen LogP contribution < -0.4 is 9.47 Å². The van der Waals surface area contributed by atoms with Gasteiger partial charge in [0, 0.05) is 37.3 Å². The summed E-state index contributed by atoms with van der Waals surface area (Å²) >= 11 is 0. The second kappa shape index (κ2) is 10.3. The van der Waals surface area contributed by atoms with Gasteiger partial charge in [-0.2, -0.15) is 4.31 Å². The standard InChI is InChI=1S/C25H29FN2O6S/c1-33-23-11-17-6-8-27-22(21(17)14-24(23)34-2)10-18-15-28(9-7-16(18)12-25(29)30)35(31,32)20-5-3-4-19(26)13-20/h3-5,11,13-14,16,18H,6-10,12,15H2,1-2H3,(H,29,30)/t16-,18-/m0/s1. The van der Waals surface area contributed by atoms with E-state index in [1.165, 1.54) is 22.5 Å². The number of nitrogens with zero attached hydrogens (tertiary/aromatic N) is 2. The lowest BCUT2D eigenvalue weighted by Crippen LogP contribution is -2.45. The van der Waals surface area contributed by atoms with Crippen molar-refractivity contribution in [2.75, 3.05) is 33.9 Å². The van der Waals surface area contributed by atoms with Gasteiger partial charge in [-0.05, 0) is 67.0 Å². The molecule has 0 aliphatic carbocycles. The van der Waals surface area contributed by atoms with Gasteiger partial charge in [-0.1, -0.05) is 6.07 Å². The number of aliphatic carboxylic acids is 1. The molecule has 0 unspecified atom stereocenters.